The molecule has 2 heteroatoms. The Morgan fingerprint density at radius 2 is 2.11 bits per heavy atom. The van der Waals surface area contributed by atoms with Crippen molar-refractivity contribution >= 4 is 0 Å². The molecule has 0 fully saturated rings. The normalized spacial score (nSPS) is 20.1. The van der Waals surface area contributed by atoms with Crippen molar-refractivity contribution in [3.05, 3.63) is 29.3 Å². The smallest absolute Gasteiger partial charge is 0.123 e. The van der Waals surface area contributed by atoms with Gasteiger partial charge in [0.15, 0.2) is 0 Å². The first-order chi connectivity index (χ1) is 8.41. The van der Waals surface area contributed by atoms with E-state index in [2.05, 4.69) is 45.9 Å². The van der Waals surface area contributed by atoms with Gasteiger partial charge in [-0.1, -0.05) is 32.4 Å². The molecule has 1 aliphatic rings. The Kier molecular flexibility index (Phi) is 3.67. The third-order valence-corrected chi connectivity index (χ3v) is 3.87. The first kappa shape index (κ1) is 13.4. The van der Waals surface area contributed by atoms with Crippen molar-refractivity contribution in [3.8, 4) is 5.75 Å². The molecular formula is C16H25NO. The van der Waals surface area contributed by atoms with Gasteiger partial charge in [0.25, 0.3) is 0 Å². The summed E-state index contributed by atoms with van der Waals surface area (Å²) < 4.78 is 5.89. The summed E-state index contributed by atoms with van der Waals surface area (Å²) in [6.45, 7) is 8.74. The predicted molar refractivity (Wildman–Crippen MR) is 75.9 cm³/mol. The molecule has 1 aromatic rings. The van der Waals surface area contributed by atoms with Crippen LogP contribution in [0.4, 0.5) is 0 Å². The second-order valence-corrected chi connectivity index (χ2v) is 6.26. The van der Waals surface area contributed by atoms with E-state index in [0.717, 1.165) is 18.6 Å². The lowest BCUT2D eigenvalue weighted by atomic mass is 9.92. The SMILES string of the molecule is CCC(C)CC(N)c1ccc2c(c1)CC(C)(C)O2. The van der Waals surface area contributed by atoms with E-state index >= 15 is 0 Å². The number of fused-ring (bicyclic) bond motifs is 1. The minimum Gasteiger partial charge on any atom is -0.487 e. The monoisotopic (exact) mass is 247 g/mol. The van der Waals surface area contributed by atoms with Gasteiger partial charge in [-0.25, -0.2) is 0 Å². The van der Waals surface area contributed by atoms with E-state index in [4.69, 9.17) is 10.5 Å². The summed E-state index contributed by atoms with van der Waals surface area (Å²) in [6.07, 6.45) is 3.22. The highest BCUT2D eigenvalue weighted by atomic mass is 16.5. The van der Waals surface area contributed by atoms with Crippen LogP contribution < -0.4 is 10.5 Å². The van der Waals surface area contributed by atoms with Gasteiger partial charge in [-0.05, 0) is 43.4 Å². The van der Waals surface area contributed by atoms with Crippen LogP contribution in [-0.2, 0) is 6.42 Å². The molecule has 0 bridgehead atoms. The van der Waals surface area contributed by atoms with Crippen LogP contribution in [0.5, 0.6) is 5.75 Å². The van der Waals surface area contributed by atoms with Crippen molar-refractivity contribution in [1.29, 1.82) is 0 Å². The summed E-state index contributed by atoms with van der Waals surface area (Å²) in [5.74, 6) is 1.71. The molecular weight excluding hydrogens is 222 g/mol. The Balaban J connectivity index is 2.13. The molecule has 100 valence electrons. The maximum Gasteiger partial charge on any atom is 0.123 e. The molecule has 18 heavy (non-hydrogen) atoms. The second kappa shape index (κ2) is 4.93. The van der Waals surface area contributed by atoms with Crippen LogP contribution in [0, 0.1) is 5.92 Å². The molecule has 0 saturated heterocycles. The molecule has 0 radical (unpaired) electrons. The third kappa shape index (κ3) is 2.86. The average Bonchev–Trinajstić information content (AvgIpc) is 2.61. The Hall–Kier alpha value is -1.02. The van der Waals surface area contributed by atoms with Crippen molar-refractivity contribution in [1.82, 2.24) is 0 Å². The van der Waals surface area contributed by atoms with E-state index < -0.39 is 0 Å². The highest BCUT2D eigenvalue weighted by Gasteiger charge is 2.30. The summed E-state index contributed by atoms with van der Waals surface area (Å²) in [7, 11) is 0. The van der Waals surface area contributed by atoms with Crippen molar-refractivity contribution < 1.29 is 4.74 Å². The van der Waals surface area contributed by atoms with Crippen LogP contribution in [0.3, 0.4) is 0 Å². The summed E-state index contributed by atoms with van der Waals surface area (Å²) in [6, 6.07) is 6.58. The lowest BCUT2D eigenvalue weighted by molar-refractivity contribution is 0.138. The number of benzene rings is 1. The molecule has 0 spiro atoms. The zero-order chi connectivity index (χ0) is 13.3. The van der Waals surface area contributed by atoms with Gasteiger partial charge in [0, 0.05) is 12.5 Å². The van der Waals surface area contributed by atoms with Crippen LogP contribution in [0.15, 0.2) is 18.2 Å². The molecule has 1 aliphatic heterocycles. The van der Waals surface area contributed by atoms with Gasteiger partial charge < -0.3 is 10.5 Å². The maximum atomic E-state index is 6.29. The summed E-state index contributed by atoms with van der Waals surface area (Å²) >= 11 is 0. The Labute approximate surface area is 111 Å². The van der Waals surface area contributed by atoms with Gasteiger partial charge >= 0.3 is 0 Å². The number of nitrogens with two attached hydrogens (primary N) is 1. The summed E-state index contributed by atoms with van der Waals surface area (Å²) in [4.78, 5) is 0. The average molecular weight is 247 g/mol. The van der Waals surface area contributed by atoms with Gasteiger partial charge in [0.2, 0.25) is 0 Å². The topological polar surface area (TPSA) is 35.2 Å². The maximum absolute atomic E-state index is 6.29. The molecule has 0 saturated carbocycles. The van der Waals surface area contributed by atoms with Gasteiger partial charge in [-0.2, -0.15) is 0 Å². The number of rotatable bonds is 4. The van der Waals surface area contributed by atoms with E-state index in [9.17, 15) is 0 Å². The highest BCUT2D eigenvalue weighted by Crippen LogP contribution is 2.36. The third-order valence-electron chi connectivity index (χ3n) is 3.87. The highest BCUT2D eigenvalue weighted by molar-refractivity contribution is 5.42. The molecule has 1 heterocycles. The van der Waals surface area contributed by atoms with Crippen LogP contribution in [0.1, 0.15) is 57.7 Å². The summed E-state index contributed by atoms with van der Waals surface area (Å²) in [5.41, 5.74) is 8.77. The van der Waals surface area contributed by atoms with E-state index in [1.807, 2.05) is 0 Å². The molecule has 0 aromatic heterocycles. The van der Waals surface area contributed by atoms with Crippen molar-refractivity contribution in [2.75, 3.05) is 0 Å². The van der Waals surface area contributed by atoms with Crippen molar-refractivity contribution in [2.24, 2.45) is 11.7 Å². The van der Waals surface area contributed by atoms with E-state index in [1.54, 1.807) is 0 Å². The van der Waals surface area contributed by atoms with Crippen molar-refractivity contribution in [2.45, 2.75) is 58.6 Å². The molecule has 2 atom stereocenters. The fourth-order valence-corrected chi connectivity index (χ4v) is 2.60. The number of ether oxygens (including phenoxy) is 1. The van der Waals surface area contributed by atoms with E-state index in [-0.39, 0.29) is 11.6 Å². The lowest BCUT2D eigenvalue weighted by Gasteiger charge is -2.17. The minimum atomic E-state index is -0.0677. The molecule has 0 aliphatic carbocycles. The predicted octanol–water partition coefficient (Wildman–Crippen LogP) is 3.84. The van der Waals surface area contributed by atoms with E-state index in [1.165, 1.54) is 17.5 Å². The fraction of sp³-hybridized carbons (Fsp3) is 0.625. The Morgan fingerprint density at radius 1 is 1.39 bits per heavy atom. The number of hydrogen-bond acceptors (Lipinski definition) is 2. The van der Waals surface area contributed by atoms with Gasteiger partial charge in [-0.15, -0.1) is 0 Å². The summed E-state index contributed by atoms with van der Waals surface area (Å²) in [5, 5.41) is 0. The Bertz CT molecular complexity index is 425. The fourth-order valence-electron chi connectivity index (χ4n) is 2.60. The second-order valence-electron chi connectivity index (χ2n) is 6.26. The van der Waals surface area contributed by atoms with Gasteiger partial charge in [0.05, 0.1) is 0 Å². The molecule has 2 rings (SSSR count). The van der Waals surface area contributed by atoms with Crippen LogP contribution in [-0.4, -0.2) is 5.60 Å². The van der Waals surface area contributed by atoms with Gasteiger partial charge in [0.1, 0.15) is 11.4 Å². The quantitative estimate of drug-likeness (QED) is 0.877. The zero-order valence-corrected chi connectivity index (χ0v) is 12.0. The van der Waals surface area contributed by atoms with Crippen LogP contribution in [0.2, 0.25) is 0 Å². The minimum absolute atomic E-state index is 0.0677. The van der Waals surface area contributed by atoms with Gasteiger partial charge in [-0.3, -0.25) is 0 Å². The Morgan fingerprint density at radius 3 is 2.78 bits per heavy atom. The first-order valence-electron chi connectivity index (χ1n) is 6.98. The van der Waals surface area contributed by atoms with E-state index in [0.29, 0.717) is 5.92 Å². The molecule has 2 unspecified atom stereocenters. The zero-order valence-electron chi connectivity index (χ0n) is 12.0. The number of hydrogen-bond donors (Lipinski definition) is 1. The lowest BCUT2D eigenvalue weighted by Crippen LogP contribution is -2.24. The first-order valence-corrected chi connectivity index (χ1v) is 6.98. The molecule has 1 aromatic carbocycles. The van der Waals surface area contributed by atoms with Crippen LogP contribution in [0.25, 0.3) is 0 Å². The molecule has 2 nitrogen and oxygen atoms in total. The van der Waals surface area contributed by atoms with Crippen molar-refractivity contribution in [3.63, 3.8) is 0 Å². The molecule has 2 N–H and O–H groups in total. The van der Waals surface area contributed by atoms with Crippen LogP contribution >= 0.6 is 0 Å². The molecule has 0 amide bonds. The largest absolute Gasteiger partial charge is 0.487 e. The standard InChI is InChI=1S/C16H25NO/c1-5-11(2)8-14(17)12-6-7-15-13(9-12)10-16(3,4)18-15/h6-7,9,11,14H,5,8,10,17H2,1-4H3.